The van der Waals surface area contributed by atoms with Gasteiger partial charge in [-0.2, -0.15) is 0 Å². The molecular formula is C14H18N2O2. The highest BCUT2D eigenvalue weighted by Crippen LogP contribution is 2.31. The number of carbonyl (C=O) groups is 1. The molecule has 1 saturated heterocycles. The van der Waals surface area contributed by atoms with Crippen LogP contribution in [0.3, 0.4) is 0 Å². The summed E-state index contributed by atoms with van der Waals surface area (Å²) in [5.41, 5.74) is 1.11. The van der Waals surface area contributed by atoms with E-state index in [0.29, 0.717) is 0 Å². The minimum absolute atomic E-state index is 0.0943. The fourth-order valence-electron chi connectivity index (χ4n) is 2.44. The minimum atomic E-state index is 0.0943. The Morgan fingerprint density at radius 3 is 2.94 bits per heavy atom. The first-order chi connectivity index (χ1) is 8.84. The van der Waals surface area contributed by atoms with Gasteiger partial charge in [0.1, 0.15) is 5.75 Å². The van der Waals surface area contributed by atoms with Gasteiger partial charge in [0.2, 0.25) is 5.91 Å². The Balaban J connectivity index is 1.76. The number of para-hydroxylation sites is 1. The molecule has 0 aliphatic carbocycles. The van der Waals surface area contributed by atoms with E-state index >= 15 is 0 Å². The highest BCUT2D eigenvalue weighted by atomic mass is 16.5. The number of amides is 1. The zero-order valence-electron chi connectivity index (χ0n) is 10.3. The lowest BCUT2D eigenvalue weighted by Gasteiger charge is -2.28. The highest BCUT2D eigenvalue weighted by Gasteiger charge is 2.28. The molecule has 2 aliphatic heterocycles. The normalized spacial score (nSPS) is 23.2. The molecule has 0 saturated carbocycles. The highest BCUT2D eigenvalue weighted by molar-refractivity contribution is 5.80. The third-order valence-electron chi connectivity index (χ3n) is 3.66. The summed E-state index contributed by atoms with van der Waals surface area (Å²) in [6, 6.07) is 8.09. The van der Waals surface area contributed by atoms with Crippen LogP contribution in [-0.4, -0.2) is 25.6 Å². The van der Waals surface area contributed by atoms with Crippen molar-refractivity contribution < 1.29 is 9.53 Å². The number of fused-ring (bicyclic) bond motifs is 1. The number of hydrogen-bond acceptors (Lipinski definition) is 3. The van der Waals surface area contributed by atoms with Crippen LogP contribution >= 0.6 is 0 Å². The van der Waals surface area contributed by atoms with Crippen LogP contribution in [0, 0.1) is 5.92 Å². The summed E-state index contributed by atoms with van der Waals surface area (Å²) < 4.78 is 5.70. The van der Waals surface area contributed by atoms with Crippen LogP contribution in [0.1, 0.15) is 24.4 Å². The molecule has 18 heavy (non-hydrogen) atoms. The van der Waals surface area contributed by atoms with E-state index in [-0.39, 0.29) is 17.9 Å². The molecule has 1 aromatic rings. The molecule has 0 spiro atoms. The van der Waals surface area contributed by atoms with E-state index in [1.165, 1.54) is 0 Å². The molecule has 1 aromatic carbocycles. The molecule has 2 heterocycles. The van der Waals surface area contributed by atoms with E-state index < -0.39 is 0 Å². The fraction of sp³-hybridized carbons (Fsp3) is 0.500. The Morgan fingerprint density at radius 1 is 1.33 bits per heavy atom. The maximum atomic E-state index is 12.0. The quantitative estimate of drug-likeness (QED) is 0.825. The van der Waals surface area contributed by atoms with Crippen LogP contribution in [0.25, 0.3) is 0 Å². The molecule has 0 aromatic heterocycles. The Labute approximate surface area is 107 Å². The van der Waals surface area contributed by atoms with Gasteiger partial charge in [-0.25, -0.2) is 0 Å². The van der Waals surface area contributed by atoms with Gasteiger partial charge in [0, 0.05) is 18.7 Å². The Morgan fingerprint density at radius 2 is 2.17 bits per heavy atom. The standard InChI is InChI=1S/C14H18N2O2/c17-14(10-8-15-9-10)16-12-5-3-7-18-13-6-2-1-4-11(12)13/h1-2,4,6,10,12,15H,3,5,7-9H2,(H,16,17). The molecular weight excluding hydrogens is 228 g/mol. The zero-order chi connectivity index (χ0) is 12.4. The van der Waals surface area contributed by atoms with E-state index in [4.69, 9.17) is 4.74 Å². The molecule has 1 fully saturated rings. The Bertz CT molecular complexity index is 443. The summed E-state index contributed by atoms with van der Waals surface area (Å²) in [7, 11) is 0. The Hall–Kier alpha value is -1.55. The lowest BCUT2D eigenvalue weighted by molar-refractivity contribution is -0.127. The first-order valence-electron chi connectivity index (χ1n) is 6.57. The van der Waals surface area contributed by atoms with Gasteiger partial charge in [0.25, 0.3) is 0 Å². The van der Waals surface area contributed by atoms with Gasteiger partial charge in [0.15, 0.2) is 0 Å². The number of ether oxygens (including phenoxy) is 1. The molecule has 4 heteroatoms. The van der Waals surface area contributed by atoms with Gasteiger partial charge < -0.3 is 15.4 Å². The molecule has 96 valence electrons. The monoisotopic (exact) mass is 246 g/mol. The second-order valence-corrected chi connectivity index (χ2v) is 4.94. The summed E-state index contributed by atoms with van der Waals surface area (Å²) in [5.74, 6) is 1.21. The van der Waals surface area contributed by atoms with Crippen molar-refractivity contribution in [3.8, 4) is 5.75 Å². The number of carbonyl (C=O) groups excluding carboxylic acids is 1. The van der Waals surface area contributed by atoms with Crippen molar-refractivity contribution in [1.82, 2.24) is 10.6 Å². The first kappa shape index (κ1) is 11.5. The molecule has 0 radical (unpaired) electrons. The largest absolute Gasteiger partial charge is 0.493 e. The van der Waals surface area contributed by atoms with Gasteiger partial charge in [-0.1, -0.05) is 18.2 Å². The third kappa shape index (κ3) is 2.20. The van der Waals surface area contributed by atoms with Crippen molar-refractivity contribution in [1.29, 1.82) is 0 Å². The smallest absolute Gasteiger partial charge is 0.226 e. The fourth-order valence-corrected chi connectivity index (χ4v) is 2.44. The predicted octanol–water partition coefficient (Wildman–Crippen LogP) is 1.24. The van der Waals surface area contributed by atoms with Crippen LogP contribution in [0.4, 0.5) is 0 Å². The van der Waals surface area contributed by atoms with Gasteiger partial charge >= 0.3 is 0 Å². The van der Waals surface area contributed by atoms with E-state index in [1.54, 1.807) is 0 Å². The molecule has 1 atom stereocenters. The van der Waals surface area contributed by atoms with E-state index in [0.717, 1.165) is 43.9 Å². The van der Waals surface area contributed by atoms with Crippen molar-refractivity contribution >= 4 is 5.91 Å². The zero-order valence-corrected chi connectivity index (χ0v) is 10.3. The van der Waals surface area contributed by atoms with Crippen molar-refractivity contribution in [3.05, 3.63) is 29.8 Å². The molecule has 3 rings (SSSR count). The van der Waals surface area contributed by atoms with E-state index in [2.05, 4.69) is 10.6 Å². The van der Waals surface area contributed by atoms with Crippen molar-refractivity contribution in [3.63, 3.8) is 0 Å². The molecule has 1 unspecified atom stereocenters. The maximum Gasteiger partial charge on any atom is 0.226 e. The number of benzene rings is 1. The summed E-state index contributed by atoms with van der Waals surface area (Å²) in [6.45, 7) is 2.34. The average molecular weight is 246 g/mol. The number of hydrogen-bond donors (Lipinski definition) is 2. The summed E-state index contributed by atoms with van der Waals surface area (Å²) >= 11 is 0. The summed E-state index contributed by atoms with van der Waals surface area (Å²) in [5, 5.41) is 6.28. The van der Waals surface area contributed by atoms with Crippen LogP contribution in [0.5, 0.6) is 5.75 Å². The summed E-state index contributed by atoms with van der Waals surface area (Å²) in [6.07, 6.45) is 1.92. The molecule has 1 amide bonds. The summed E-state index contributed by atoms with van der Waals surface area (Å²) in [4.78, 5) is 12.0. The Kier molecular flexibility index (Phi) is 3.19. The lowest BCUT2D eigenvalue weighted by Crippen LogP contribution is -2.51. The number of nitrogens with one attached hydrogen (secondary N) is 2. The van der Waals surface area contributed by atoms with Crippen LogP contribution in [0.2, 0.25) is 0 Å². The average Bonchev–Trinajstić information content (AvgIpc) is 2.50. The van der Waals surface area contributed by atoms with Crippen molar-refractivity contribution in [2.75, 3.05) is 19.7 Å². The second-order valence-electron chi connectivity index (χ2n) is 4.94. The second kappa shape index (κ2) is 4.98. The van der Waals surface area contributed by atoms with E-state index in [9.17, 15) is 4.79 Å². The van der Waals surface area contributed by atoms with E-state index in [1.807, 2.05) is 24.3 Å². The van der Waals surface area contributed by atoms with Crippen LogP contribution in [-0.2, 0) is 4.79 Å². The molecule has 2 N–H and O–H groups in total. The van der Waals surface area contributed by atoms with Gasteiger partial charge in [-0.05, 0) is 18.9 Å². The molecule has 2 aliphatic rings. The first-order valence-corrected chi connectivity index (χ1v) is 6.57. The van der Waals surface area contributed by atoms with Gasteiger partial charge in [-0.3, -0.25) is 4.79 Å². The van der Waals surface area contributed by atoms with Crippen molar-refractivity contribution in [2.45, 2.75) is 18.9 Å². The third-order valence-corrected chi connectivity index (χ3v) is 3.66. The van der Waals surface area contributed by atoms with Crippen molar-refractivity contribution in [2.24, 2.45) is 5.92 Å². The van der Waals surface area contributed by atoms with Gasteiger partial charge in [-0.15, -0.1) is 0 Å². The maximum absolute atomic E-state index is 12.0. The lowest BCUT2D eigenvalue weighted by atomic mass is 9.98. The SMILES string of the molecule is O=C(NC1CCCOc2ccccc21)C1CNC1. The topological polar surface area (TPSA) is 50.4 Å². The van der Waals surface area contributed by atoms with Gasteiger partial charge in [0.05, 0.1) is 18.6 Å². The molecule has 0 bridgehead atoms. The minimum Gasteiger partial charge on any atom is -0.493 e. The molecule has 4 nitrogen and oxygen atoms in total. The predicted molar refractivity (Wildman–Crippen MR) is 68.4 cm³/mol. The van der Waals surface area contributed by atoms with Crippen LogP contribution in [0.15, 0.2) is 24.3 Å². The van der Waals surface area contributed by atoms with Crippen LogP contribution < -0.4 is 15.4 Å². The number of rotatable bonds is 2.